The molecule has 0 radical (unpaired) electrons. The Kier molecular flexibility index (Phi) is 7.41. The van der Waals surface area contributed by atoms with Gasteiger partial charge in [-0.2, -0.15) is 18.3 Å². The van der Waals surface area contributed by atoms with Crippen molar-refractivity contribution in [2.75, 3.05) is 14.1 Å². The number of hydrogen-bond acceptors (Lipinski definition) is 6. The van der Waals surface area contributed by atoms with Crippen molar-refractivity contribution < 1.29 is 31.9 Å². The molecule has 0 aliphatic heterocycles. The fourth-order valence-corrected chi connectivity index (χ4v) is 5.83. The number of hydrogen-bond donors (Lipinski definition) is 1. The predicted octanol–water partition coefficient (Wildman–Crippen LogP) is 4.80. The number of carbonyl (C=O) groups excluding carboxylic acids is 2. The Balaban J connectivity index is 1.51. The molecule has 38 heavy (non-hydrogen) atoms. The highest BCUT2D eigenvalue weighted by atomic mass is 32.1. The van der Waals surface area contributed by atoms with Gasteiger partial charge in [0.15, 0.2) is 5.60 Å². The molecule has 0 atom stereocenters. The zero-order valence-corrected chi connectivity index (χ0v) is 22.0. The van der Waals surface area contributed by atoms with Crippen molar-refractivity contribution in [2.24, 2.45) is 12.8 Å². The van der Waals surface area contributed by atoms with Gasteiger partial charge in [0, 0.05) is 12.6 Å². The van der Waals surface area contributed by atoms with E-state index in [9.17, 15) is 27.2 Å². The highest BCUT2D eigenvalue weighted by Gasteiger charge is 2.50. The maximum atomic E-state index is 13.8. The maximum absolute atomic E-state index is 13.8. The molecule has 12 heteroatoms. The molecule has 3 aromatic rings. The van der Waals surface area contributed by atoms with Gasteiger partial charge in [0.25, 0.3) is 5.91 Å². The second kappa shape index (κ2) is 10.1. The fourth-order valence-electron chi connectivity index (χ4n) is 4.99. The van der Waals surface area contributed by atoms with Gasteiger partial charge in [-0.1, -0.05) is 12.1 Å². The summed E-state index contributed by atoms with van der Waals surface area (Å²) in [6, 6.07) is 10.2. The van der Waals surface area contributed by atoms with Gasteiger partial charge in [0.2, 0.25) is 0 Å². The summed E-state index contributed by atoms with van der Waals surface area (Å²) in [6.45, 7) is 0. The van der Waals surface area contributed by atoms with Gasteiger partial charge in [0.1, 0.15) is 22.1 Å². The number of rotatable bonds is 7. The molecule has 2 heterocycles. The maximum Gasteiger partial charge on any atom is 0.433 e. The summed E-state index contributed by atoms with van der Waals surface area (Å²) in [5.41, 5.74) is 3.77. The SMILES string of the molecule is CN(C)C1(Cc2cccc(F)c2)CCC(OC(=O)c2ccc(-c3cc(C(F)(F)F)n(C)n3)s2)(C(N)=O)CC1. The summed E-state index contributed by atoms with van der Waals surface area (Å²) < 4.78 is 59.6. The molecule has 7 nitrogen and oxygen atoms in total. The lowest BCUT2D eigenvalue weighted by Crippen LogP contribution is -2.57. The van der Waals surface area contributed by atoms with E-state index in [1.807, 2.05) is 25.1 Å². The number of halogens is 4. The summed E-state index contributed by atoms with van der Waals surface area (Å²) in [7, 11) is 5.02. The Morgan fingerprint density at radius 1 is 1.13 bits per heavy atom. The standard InChI is InChI=1S/C26H28F4N4O3S/c1-33(2)24(15-16-5-4-6-17(27)13-16)9-11-25(12-10-24,23(31)36)37-22(35)20-8-7-19(38-20)18-14-21(26(28,29)30)34(3)32-18/h4-8,13-14H,9-12,15H2,1-3H3,(H2,31,36). The van der Waals surface area contributed by atoms with Crippen molar-refractivity contribution in [3.8, 4) is 10.6 Å². The van der Waals surface area contributed by atoms with Crippen LogP contribution in [0.4, 0.5) is 17.6 Å². The lowest BCUT2D eigenvalue weighted by Gasteiger charge is -2.48. The van der Waals surface area contributed by atoms with Gasteiger partial charge >= 0.3 is 12.1 Å². The number of amides is 1. The minimum absolute atomic E-state index is 0.0688. The van der Waals surface area contributed by atoms with E-state index in [2.05, 4.69) is 5.10 Å². The molecule has 0 spiro atoms. The number of esters is 1. The number of carbonyl (C=O) groups is 2. The molecule has 2 aromatic heterocycles. The van der Waals surface area contributed by atoms with Crippen molar-refractivity contribution >= 4 is 23.2 Å². The molecule has 1 fully saturated rings. The molecule has 1 saturated carbocycles. The summed E-state index contributed by atoms with van der Waals surface area (Å²) in [6.07, 6.45) is -2.74. The van der Waals surface area contributed by atoms with E-state index in [1.54, 1.807) is 6.07 Å². The Morgan fingerprint density at radius 3 is 2.37 bits per heavy atom. The first-order valence-electron chi connectivity index (χ1n) is 11.9. The summed E-state index contributed by atoms with van der Waals surface area (Å²) in [5, 5.41) is 3.90. The Morgan fingerprint density at radius 2 is 1.82 bits per heavy atom. The van der Waals surface area contributed by atoms with Crippen molar-refractivity contribution in [1.82, 2.24) is 14.7 Å². The van der Waals surface area contributed by atoms with Crippen LogP contribution in [-0.4, -0.2) is 51.8 Å². The van der Waals surface area contributed by atoms with Crippen molar-refractivity contribution in [1.29, 1.82) is 0 Å². The summed E-state index contributed by atoms with van der Waals surface area (Å²) >= 11 is 0.920. The molecule has 1 aliphatic carbocycles. The largest absolute Gasteiger partial charge is 0.445 e. The van der Waals surface area contributed by atoms with Crippen molar-refractivity contribution in [3.05, 3.63) is 64.4 Å². The van der Waals surface area contributed by atoms with E-state index in [-0.39, 0.29) is 29.2 Å². The number of alkyl halides is 3. The molecule has 1 aromatic carbocycles. The Bertz CT molecular complexity index is 1340. The van der Waals surface area contributed by atoms with Crippen LogP contribution in [0.5, 0.6) is 0 Å². The minimum atomic E-state index is -4.57. The molecule has 0 bridgehead atoms. The van der Waals surface area contributed by atoms with Crippen LogP contribution in [0.1, 0.15) is 46.6 Å². The third-order valence-electron chi connectivity index (χ3n) is 7.33. The number of nitrogens with zero attached hydrogens (tertiary/aromatic N) is 3. The second-order valence-electron chi connectivity index (χ2n) is 9.87. The number of ether oxygens (including phenoxy) is 1. The number of aromatic nitrogens is 2. The van der Waals surface area contributed by atoms with Crippen LogP contribution in [-0.2, 0) is 29.2 Å². The number of benzene rings is 1. The monoisotopic (exact) mass is 552 g/mol. The van der Waals surface area contributed by atoms with E-state index >= 15 is 0 Å². The third kappa shape index (κ3) is 5.46. The van der Waals surface area contributed by atoms with Gasteiger partial charge in [-0.05, 0) is 82.1 Å². The van der Waals surface area contributed by atoms with E-state index in [0.29, 0.717) is 24.1 Å². The number of aryl methyl sites for hydroxylation is 1. The molecular formula is C26H28F4N4O3S. The van der Waals surface area contributed by atoms with E-state index < -0.39 is 34.9 Å². The molecule has 0 saturated heterocycles. The third-order valence-corrected chi connectivity index (χ3v) is 8.41. The van der Waals surface area contributed by atoms with Gasteiger partial charge in [-0.3, -0.25) is 9.48 Å². The first-order chi connectivity index (χ1) is 17.7. The van der Waals surface area contributed by atoms with Crippen LogP contribution in [0, 0.1) is 5.82 Å². The van der Waals surface area contributed by atoms with Gasteiger partial charge in [-0.15, -0.1) is 11.3 Å². The Hall–Kier alpha value is -3.25. The number of thiophene rings is 1. The lowest BCUT2D eigenvalue weighted by atomic mass is 9.70. The van der Waals surface area contributed by atoms with Gasteiger partial charge in [0.05, 0.1) is 4.88 Å². The molecule has 4 rings (SSSR count). The first kappa shape index (κ1) is 27.8. The normalized spacial score (nSPS) is 22.0. The molecular weight excluding hydrogens is 524 g/mol. The van der Waals surface area contributed by atoms with Gasteiger partial charge in [-0.25, -0.2) is 9.18 Å². The minimum Gasteiger partial charge on any atom is -0.445 e. The van der Waals surface area contributed by atoms with Crippen molar-refractivity contribution in [3.63, 3.8) is 0 Å². The van der Waals surface area contributed by atoms with E-state index in [4.69, 9.17) is 10.5 Å². The molecule has 204 valence electrons. The predicted molar refractivity (Wildman–Crippen MR) is 134 cm³/mol. The molecule has 1 aliphatic rings. The Labute approximate surface area is 221 Å². The first-order valence-corrected chi connectivity index (χ1v) is 12.7. The van der Waals surface area contributed by atoms with Crippen LogP contribution in [0.2, 0.25) is 0 Å². The summed E-state index contributed by atoms with van der Waals surface area (Å²) in [4.78, 5) is 28.1. The van der Waals surface area contributed by atoms with E-state index in [0.717, 1.165) is 27.6 Å². The number of likely N-dealkylation sites (N-methyl/N-ethyl adjacent to an activating group) is 1. The van der Waals surface area contributed by atoms with Crippen LogP contribution in [0.3, 0.4) is 0 Å². The average Bonchev–Trinajstić information content (AvgIpc) is 3.47. The van der Waals surface area contributed by atoms with Crippen LogP contribution in [0.15, 0.2) is 42.5 Å². The quantitative estimate of drug-likeness (QED) is 0.336. The molecule has 0 unspecified atom stereocenters. The zero-order chi connectivity index (χ0) is 27.9. The topological polar surface area (TPSA) is 90.4 Å². The number of nitrogens with two attached hydrogens (primary N) is 1. The smallest absolute Gasteiger partial charge is 0.433 e. The average molecular weight is 553 g/mol. The van der Waals surface area contributed by atoms with Crippen molar-refractivity contribution in [2.45, 2.75) is 49.4 Å². The molecule has 1 amide bonds. The number of primary amides is 1. The summed E-state index contributed by atoms with van der Waals surface area (Å²) in [5.74, 6) is -1.88. The van der Waals surface area contributed by atoms with E-state index in [1.165, 1.54) is 31.3 Å². The van der Waals surface area contributed by atoms with Crippen LogP contribution >= 0.6 is 11.3 Å². The second-order valence-corrected chi connectivity index (χ2v) is 11.0. The van der Waals surface area contributed by atoms with Crippen LogP contribution < -0.4 is 5.73 Å². The highest BCUT2D eigenvalue weighted by Crippen LogP contribution is 2.43. The highest BCUT2D eigenvalue weighted by molar-refractivity contribution is 7.17. The zero-order valence-electron chi connectivity index (χ0n) is 21.1. The lowest BCUT2D eigenvalue weighted by molar-refractivity contribution is -0.144. The fraction of sp³-hybridized carbons (Fsp3) is 0.423. The van der Waals surface area contributed by atoms with Crippen LogP contribution in [0.25, 0.3) is 10.6 Å². The molecule has 2 N–H and O–H groups in total. The van der Waals surface area contributed by atoms with Gasteiger partial charge < -0.3 is 15.4 Å².